The number of hydrogen-bond acceptors (Lipinski definition) is 5. The molecule has 0 fully saturated rings. The van der Waals surface area contributed by atoms with Gasteiger partial charge in [-0.2, -0.15) is 5.10 Å². The van der Waals surface area contributed by atoms with Crippen molar-refractivity contribution < 1.29 is 23.8 Å². The molecule has 2 aromatic rings. The molecule has 0 saturated heterocycles. The summed E-state index contributed by atoms with van der Waals surface area (Å²) in [6.07, 6.45) is 3.41. The molecule has 0 aromatic heterocycles. The molecule has 2 amide bonds. The van der Waals surface area contributed by atoms with Gasteiger partial charge in [-0.15, -0.1) is 6.58 Å². The maximum absolute atomic E-state index is 13.6. The number of halogens is 1. The van der Waals surface area contributed by atoms with Gasteiger partial charge in [-0.3, -0.25) is 9.59 Å². The molecule has 8 heteroatoms. The Hall–Kier alpha value is -3.68. The molecule has 0 aliphatic carbocycles. The number of amides is 2. The van der Waals surface area contributed by atoms with E-state index in [9.17, 15) is 19.1 Å². The Kier molecular flexibility index (Phi) is 7.47. The second-order valence-electron chi connectivity index (χ2n) is 6.15. The zero-order valence-corrected chi connectivity index (χ0v) is 16.1. The number of ether oxygens (including phenoxy) is 1. The highest BCUT2D eigenvalue weighted by Crippen LogP contribution is 2.31. The molecule has 0 radical (unpaired) electrons. The second kappa shape index (κ2) is 10.0. The summed E-state index contributed by atoms with van der Waals surface area (Å²) in [5, 5.41) is 16.3. The minimum atomic E-state index is -1.10. The largest absolute Gasteiger partial charge is 0.504 e. The minimum Gasteiger partial charge on any atom is -0.504 e. The molecule has 0 aliphatic rings. The van der Waals surface area contributed by atoms with Crippen LogP contribution in [0.2, 0.25) is 0 Å². The van der Waals surface area contributed by atoms with Gasteiger partial charge in [0.2, 0.25) is 5.91 Å². The lowest BCUT2D eigenvalue weighted by atomic mass is 10.1. The van der Waals surface area contributed by atoms with Crippen LogP contribution in [0.5, 0.6) is 11.5 Å². The summed E-state index contributed by atoms with van der Waals surface area (Å²) in [7, 11) is 1.42. The van der Waals surface area contributed by atoms with Gasteiger partial charge in [0, 0.05) is 5.56 Å². The van der Waals surface area contributed by atoms with Gasteiger partial charge in [0.25, 0.3) is 5.91 Å². The summed E-state index contributed by atoms with van der Waals surface area (Å²) in [5.74, 6) is -2.75. The number of rotatable bonds is 8. The highest BCUT2D eigenvalue weighted by atomic mass is 19.1. The van der Waals surface area contributed by atoms with Crippen LogP contribution in [0, 0.1) is 11.7 Å². The van der Waals surface area contributed by atoms with Gasteiger partial charge in [0.05, 0.1) is 19.0 Å². The van der Waals surface area contributed by atoms with Crippen LogP contribution in [0.15, 0.2) is 54.2 Å². The molecule has 1 atom stereocenters. The van der Waals surface area contributed by atoms with Crippen molar-refractivity contribution in [1.29, 1.82) is 0 Å². The van der Waals surface area contributed by atoms with Gasteiger partial charge in [-0.25, -0.2) is 9.82 Å². The Labute approximate surface area is 167 Å². The van der Waals surface area contributed by atoms with Gasteiger partial charge >= 0.3 is 0 Å². The first kappa shape index (κ1) is 21.6. The number of aromatic hydroxyl groups is 1. The van der Waals surface area contributed by atoms with E-state index in [-0.39, 0.29) is 17.2 Å². The zero-order chi connectivity index (χ0) is 21.4. The van der Waals surface area contributed by atoms with Crippen molar-refractivity contribution in [2.75, 3.05) is 12.4 Å². The fourth-order valence-corrected chi connectivity index (χ4v) is 2.42. The van der Waals surface area contributed by atoms with E-state index >= 15 is 0 Å². The molecule has 0 aliphatic heterocycles. The van der Waals surface area contributed by atoms with E-state index in [2.05, 4.69) is 22.4 Å². The maximum Gasteiger partial charge on any atom is 0.252 e. The van der Waals surface area contributed by atoms with E-state index < -0.39 is 23.5 Å². The van der Waals surface area contributed by atoms with Crippen molar-refractivity contribution in [3.05, 3.63) is 66.0 Å². The van der Waals surface area contributed by atoms with Gasteiger partial charge in [0.15, 0.2) is 11.5 Å². The third kappa shape index (κ3) is 5.65. The first-order valence-corrected chi connectivity index (χ1v) is 8.76. The summed E-state index contributed by atoms with van der Waals surface area (Å²) in [6, 6.07) is 8.89. The van der Waals surface area contributed by atoms with Crippen LogP contribution in [0.25, 0.3) is 0 Å². The van der Waals surface area contributed by atoms with Crippen molar-refractivity contribution in [2.24, 2.45) is 11.0 Å². The number of phenolic OH excluding ortho intramolecular Hbond substituents is 1. The lowest BCUT2D eigenvalue weighted by Crippen LogP contribution is -2.34. The monoisotopic (exact) mass is 399 g/mol. The fourth-order valence-electron chi connectivity index (χ4n) is 2.42. The zero-order valence-electron chi connectivity index (χ0n) is 16.1. The predicted molar refractivity (Wildman–Crippen MR) is 108 cm³/mol. The summed E-state index contributed by atoms with van der Waals surface area (Å²) in [4.78, 5) is 24.3. The number of benzene rings is 2. The number of hydrazone groups is 1. The van der Waals surface area contributed by atoms with E-state index in [0.717, 1.165) is 0 Å². The number of para-hydroxylation sites is 1. The van der Waals surface area contributed by atoms with E-state index in [1.807, 2.05) is 0 Å². The minimum absolute atomic E-state index is 0.00650. The van der Waals surface area contributed by atoms with Crippen LogP contribution in [-0.4, -0.2) is 30.2 Å². The van der Waals surface area contributed by atoms with Gasteiger partial charge in [0.1, 0.15) is 11.7 Å². The lowest BCUT2D eigenvalue weighted by Gasteiger charge is -2.11. The predicted octanol–water partition coefficient (Wildman–Crippen LogP) is 2.99. The molecule has 152 valence electrons. The standard InChI is InChI=1S/C21H22FN3O4/c1-4-7-15-10-14(11-18(29-3)19(15)26)12-23-25-21(28)13(2)20(27)24-17-9-6-5-8-16(17)22/h4-6,8-13,26H,1,7H2,2-3H3,(H,24,27)(H,25,28). The lowest BCUT2D eigenvalue weighted by molar-refractivity contribution is -0.131. The Balaban J connectivity index is 2.03. The van der Waals surface area contributed by atoms with Crippen LogP contribution in [0.4, 0.5) is 10.1 Å². The van der Waals surface area contributed by atoms with E-state index in [1.54, 1.807) is 24.3 Å². The van der Waals surface area contributed by atoms with Gasteiger partial charge < -0.3 is 15.2 Å². The van der Waals surface area contributed by atoms with Crippen LogP contribution in [0.1, 0.15) is 18.1 Å². The van der Waals surface area contributed by atoms with E-state index in [1.165, 1.54) is 38.4 Å². The topological polar surface area (TPSA) is 100 Å². The normalized spacial score (nSPS) is 11.7. The number of anilines is 1. The number of hydrogen-bond donors (Lipinski definition) is 3. The Morgan fingerprint density at radius 3 is 2.69 bits per heavy atom. The van der Waals surface area contributed by atoms with Crippen LogP contribution >= 0.6 is 0 Å². The van der Waals surface area contributed by atoms with Crippen LogP contribution in [-0.2, 0) is 16.0 Å². The van der Waals surface area contributed by atoms with E-state index in [0.29, 0.717) is 17.5 Å². The fraction of sp³-hybridized carbons (Fsp3) is 0.190. The number of phenols is 1. The summed E-state index contributed by atoms with van der Waals surface area (Å²) < 4.78 is 18.7. The molecule has 1 unspecified atom stereocenters. The molecule has 2 aromatic carbocycles. The first-order chi connectivity index (χ1) is 13.9. The van der Waals surface area contributed by atoms with Gasteiger partial charge in [-0.05, 0) is 43.2 Å². The summed E-state index contributed by atoms with van der Waals surface area (Å²) in [5.41, 5.74) is 3.42. The third-order valence-electron chi connectivity index (χ3n) is 4.07. The molecule has 0 heterocycles. The molecule has 0 spiro atoms. The van der Waals surface area contributed by atoms with Crippen molar-refractivity contribution >= 4 is 23.7 Å². The second-order valence-corrected chi connectivity index (χ2v) is 6.15. The molecule has 3 N–H and O–H groups in total. The molecular weight excluding hydrogens is 377 g/mol. The summed E-state index contributed by atoms with van der Waals surface area (Å²) in [6.45, 7) is 5.02. The number of carbonyl (C=O) groups excluding carboxylic acids is 2. The summed E-state index contributed by atoms with van der Waals surface area (Å²) >= 11 is 0. The van der Waals surface area contributed by atoms with Crippen LogP contribution in [0.3, 0.4) is 0 Å². The molecule has 7 nitrogen and oxygen atoms in total. The highest BCUT2D eigenvalue weighted by Gasteiger charge is 2.22. The maximum atomic E-state index is 13.6. The smallest absolute Gasteiger partial charge is 0.252 e. The average Bonchev–Trinajstić information content (AvgIpc) is 2.71. The molecule has 0 bridgehead atoms. The molecular formula is C21H22FN3O4. The first-order valence-electron chi connectivity index (χ1n) is 8.76. The Morgan fingerprint density at radius 1 is 1.31 bits per heavy atom. The third-order valence-corrected chi connectivity index (χ3v) is 4.07. The number of carbonyl (C=O) groups is 2. The quantitative estimate of drug-likeness (QED) is 0.275. The van der Waals surface area contributed by atoms with Gasteiger partial charge in [-0.1, -0.05) is 18.2 Å². The Bertz CT molecular complexity index is 944. The number of nitrogens with zero attached hydrogens (tertiary/aromatic N) is 1. The SMILES string of the molecule is C=CCc1cc(C=NNC(=O)C(C)C(=O)Nc2ccccc2F)cc(OC)c1O. The molecule has 29 heavy (non-hydrogen) atoms. The van der Waals surface area contributed by atoms with Crippen LogP contribution < -0.4 is 15.5 Å². The molecule has 2 rings (SSSR count). The number of methoxy groups -OCH3 is 1. The molecule has 0 saturated carbocycles. The van der Waals surface area contributed by atoms with Crippen molar-refractivity contribution in [3.8, 4) is 11.5 Å². The van der Waals surface area contributed by atoms with Crippen molar-refractivity contribution in [2.45, 2.75) is 13.3 Å². The Morgan fingerprint density at radius 2 is 2.03 bits per heavy atom. The number of allylic oxidation sites excluding steroid dienone is 1. The van der Waals surface area contributed by atoms with Crippen molar-refractivity contribution in [1.82, 2.24) is 5.43 Å². The number of nitrogens with one attached hydrogen (secondary N) is 2. The van der Waals surface area contributed by atoms with E-state index in [4.69, 9.17) is 4.74 Å². The van der Waals surface area contributed by atoms with Crippen molar-refractivity contribution in [3.63, 3.8) is 0 Å². The highest BCUT2D eigenvalue weighted by molar-refractivity contribution is 6.06. The average molecular weight is 399 g/mol.